The van der Waals surface area contributed by atoms with Crippen LogP contribution in [0.25, 0.3) is 0 Å². The van der Waals surface area contributed by atoms with Gasteiger partial charge in [0.1, 0.15) is 0 Å². The lowest BCUT2D eigenvalue weighted by Crippen LogP contribution is -2.36. The largest absolute Gasteiger partial charge is 0.369 e. The average molecular weight is 186 g/mol. The highest BCUT2D eigenvalue weighted by atomic mass is 16.1. The van der Waals surface area contributed by atoms with Crippen molar-refractivity contribution in [3.8, 4) is 0 Å². The van der Waals surface area contributed by atoms with Crippen LogP contribution in [0.15, 0.2) is 0 Å². The van der Waals surface area contributed by atoms with Crippen LogP contribution >= 0.6 is 0 Å². The predicted octanol–water partition coefficient (Wildman–Crippen LogP) is 1.23. The van der Waals surface area contributed by atoms with E-state index < -0.39 is 0 Å². The van der Waals surface area contributed by atoms with Gasteiger partial charge < -0.3 is 10.6 Å². The molecule has 78 valence electrons. The normalized spacial score (nSPS) is 19.0. The molecule has 0 atom stereocenters. The van der Waals surface area contributed by atoms with E-state index in [1.54, 1.807) is 0 Å². The Hall–Kier alpha value is -0.570. The maximum Gasteiger partial charge on any atom is 0.220 e. The van der Waals surface area contributed by atoms with Gasteiger partial charge in [0.2, 0.25) is 5.91 Å². The Morgan fingerprint density at radius 2 is 1.77 bits per heavy atom. The first-order chi connectivity index (χ1) is 6.11. The molecule has 0 aromatic heterocycles. The predicted molar refractivity (Wildman–Crippen MR) is 55.4 cm³/mol. The standard InChI is InChI=1S/C7H14N2O.C3H8/c1-9-4-2-6(3-5-9)7(8)10;1-3-2/h6H,2-5H2,1H3,(H2,8,10);3H2,1-2H3. The van der Waals surface area contributed by atoms with Crippen LogP contribution in [0.5, 0.6) is 0 Å². The summed E-state index contributed by atoms with van der Waals surface area (Å²) < 4.78 is 0. The lowest BCUT2D eigenvalue weighted by Gasteiger charge is -2.26. The number of rotatable bonds is 1. The van der Waals surface area contributed by atoms with Crippen LogP contribution < -0.4 is 5.73 Å². The molecule has 1 aliphatic heterocycles. The number of hydrogen-bond acceptors (Lipinski definition) is 2. The molecular weight excluding hydrogens is 164 g/mol. The molecule has 0 radical (unpaired) electrons. The van der Waals surface area contributed by atoms with Crippen LogP contribution in [-0.2, 0) is 4.79 Å². The van der Waals surface area contributed by atoms with Gasteiger partial charge in [-0.1, -0.05) is 20.3 Å². The van der Waals surface area contributed by atoms with Crippen molar-refractivity contribution in [1.82, 2.24) is 4.90 Å². The summed E-state index contributed by atoms with van der Waals surface area (Å²) in [6.45, 7) is 6.27. The highest BCUT2D eigenvalue weighted by molar-refractivity contribution is 5.76. The van der Waals surface area contributed by atoms with Gasteiger partial charge in [-0.05, 0) is 33.0 Å². The summed E-state index contributed by atoms with van der Waals surface area (Å²) in [5, 5.41) is 0. The average Bonchev–Trinajstić information content (AvgIpc) is 2.06. The molecule has 1 fully saturated rings. The molecule has 1 rings (SSSR count). The van der Waals surface area contributed by atoms with E-state index in [1.807, 2.05) is 0 Å². The molecule has 0 aliphatic carbocycles. The van der Waals surface area contributed by atoms with E-state index in [2.05, 4.69) is 25.8 Å². The summed E-state index contributed by atoms with van der Waals surface area (Å²) in [6.07, 6.45) is 3.12. The maximum absolute atomic E-state index is 10.7. The van der Waals surface area contributed by atoms with Crippen molar-refractivity contribution in [1.29, 1.82) is 0 Å². The minimum absolute atomic E-state index is 0.131. The van der Waals surface area contributed by atoms with Gasteiger partial charge in [0.15, 0.2) is 0 Å². The number of hydrogen-bond donors (Lipinski definition) is 1. The monoisotopic (exact) mass is 186 g/mol. The molecule has 0 unspecified atom stereocenters. The Morgan fingerprint density at radius 1 is 1.38 bits per heavy atom. The lowest BCUT2D eigenvalue weighted by atomic mass is 9.97. The molecule has 3 heteroatoms. The molecule has 1 aliphatic rings. The van der Waals surface area contributed by atoms with Crippen molar-refractivity contribution in [2.75, 3.05) is 20.1 Å². The number of carbonyl (C=O) groups is 1. The quantitative estimate of drug-likeness (QED) is 0.669. The summed E-state index contributed by atoms with van der Waals surface area (Å²) >= 11 is 0. The Kier molecular flexibility index (Phi) is 6.59. The number of primary amides is 1. The molecule has 0 saturated carbocycles. The van der Waals surface area contributed by atoms with Crippen molar-refractivity contribution in [2.24, 2.45) is 11.7 Å². The van der Waals surface area contributed by atoms with Crippen LogP contribution in [0.3, 0.4) is 0 Å². The van der Waals surface area contributed by atoms with E-state index in [1.165, 1.54) is 6.42 Å². The third kappa shape index (κ3) is 5.64. The number of carbonyl (C=O) groups excluding carboxylic acids is 1. The van der Waals surface area contributed by atoms with Crippen molar-refractivity contribution < 1.29 is 4.79 Å². The van der Waals surface area contributed by atoms with E-state index in [0.717, 1.165) is 25.9 Å². The van der Waals surface area contributed by atoms with Gasteiger partial charge in [0, 0.05) is 5.92 Å². The molecule has 1 saturated heterocycles. The zero-order valence-corrected chi connectivity index (χ0v) is 9.05. The second-order valence-electron chi connectivity index (χ2n) is 3.69. The lowest BCUT2D eigenvalue weighted by molar-refractivity contribution is -0.123. The summed E-state index contributed by atoms with van der Waals surface area (Å²) in [7, 11) is 2.07. The fraction of sp³-hybridized carbons (Fsp3) is 0.900. The van der Waals surface area contributed by atoms with Crippen LogP contribution in [0.4, 0.5) is 0 Å². The van der Waals surface area contributed by atoms with Crippen molar-refractivity contribution in [2.45, 2.75) is 33.1 Å². The zero-order valence-electron chi connectivity index (χ0n) is 9.05. The molecule has 1 heterocycles. The third-order valence-electron chi connectivity index (χ3n) is 2.12. The number of nitrogens with two attached hydrogens (primary N) is 1. The minimum atomic E-state index is -0.131. The first-order valence-corrected chi connectivity index (χ1v) is 5.09. The van der Waals surface area contributed by atoms with Crippen LogP contribution in [0, 0.1) is 5.92 Å². The smallest absolute Gasteiger partial charge is 0.220 e. The summed E-state index contributed by atoms with van der Waals surface area (Å²) in [6, 6.07) is 0. The van der Waals surface area contributed by atoms with Crippen LogP contribution in [-0.4, -0.2) is 30.9 Å². The SMILES string of the molecule is CCC.CN1CCC(C(N)=O)CC1. The molecule has 0 bridgehead atoms. The second kappa shape index (κ2) is 6.89. The van der Waals surface area contributed by atoms with Crippen molar-refractivity contribution in [3.05, 3.63) is 0 Å². The topological polar surface area (TPSA) is 46.3 Å². The molecule has 13 heavy (non-hydrogen) atoms. The number of likely N-dealkylation sites (tertiary alicyclic amines) is 1. The molecule has 1 amide bonds. The number of nitrogens with zero attached hydrogens (tertiary/aromatic N) is 1. The van der Waals surface area contributed by atoms with E-state index in [-0.39, 0.29) is 11.8 Å². The molecule has 3 nitrogen and oxygen atoms in total. The van der Waals surface area contributed by atoms with Crippen molar-refractivity contribution in [3.63, 3.8) is 0 Å². The van der Waals surface area contributed by atoms with Crippen molar-refractivity contribution >= 4 is 5.91 Å². The van der Waals surface area contributed by atoms with Gasteiger partial charge in [-0.25, -0.2) is 0 Å². The van der Waals surface area contributed by atoms with Gasteiger partial charge in [0.25, 0.3) is 0 Å². The van der Waals surface area contributed by atoms with Gasteiger partial charge in [-0.2, -0.15) is 0 Å². The summed E-state index contributed by atoms with van der Waals surface area (Å²) in [4.78, 5) is 12.9. The summed E-state index contributed by atoms with van der Waals surface area (Å²) in [5.74, 6) is 0.00398. The fourth-order valence-corrected chi connectivity index (χ4v) is 1.29. The van der Waals surface area contributed by atoms with Gasteiger partial charge in [-0.15, -0.1) is 0 Å². The Morgan fingerprint density at radius 3 is 2.08 bits per heavy atom. The molecule has 0 spiro atoms. The first-order valence-electron chi connectivity index (χ1n) is 5.09. The highest BCUT2D eigenvalue weighted by Crippen LogP contribution is 2.14. The Balaban J connectivity index is 0.000000424. The van der Waals surface area contributed by atoms with E-state index in [9.17, 15) is 4.79 Å². The summed E-state index contributed by atoms with van der Waals surface area (Å²) in [5.41, 5.74) is 5.16. The maximum atomic E-state index is 10.7. The first kappa shape index (κ1) is 12.4. The van der Waals surface area contributed by atoms with Crippen LogP contribution in [0.1, 0.15) is 33.1 Å². The molecule has 0 aromatic carbocycles. The van der Waals surface area contributed by atoms with Gasteiger partial charge in [0.05, 0.1) is 0 Å². The Bertz CT molecular complexity index is 140. The number of piperidine rings is 1. The number of amides is 1. The highest BCUT2D eigenvalue weighted by Gasteiger charge is 2.20. The van der Waals surface area contributed by atoms with E-state index >= 15 is 0 Å². The molecule has 0 aromatic rings. The zero-order chi connectivity index (χ0) is 10.3. The van der Waals surface area contributed by atoms with Crippen LogP contribution in [0.2, 0.25) is 0 Å². The molecule has 2 N–H and O–H groups in total. The minimum Gasteiger partial charge on any atom is -0.369 e. The van der Waals surface area contributed by atoms with Gasteiger partial charge >= 0.3 is 0 Å². The van der Waals surface area contributed by atoms with E-state index in [0.29, 0.717) is 0 Å². The fourth-order valence-electron chi connectivity index (χ4n) is 1.29. The van der Waals surface area contributed by atoms with E-state index in [4.69, 9.17) is 5.73 Å². The van der Waals surface area contributed by atoms with Gasteiger partial charge in [-0.3, -0.25) is 4.79 Å². The molecular formula is C10H22N2O. The second-order valence-corrected chi connectivity index (χ2v) is 3.69. The Labute approximate surface area is 81.3 Å². The third-order valence-corrected chi connectivity index (χ3v) is 2.12.